The van der Waals surface area contributed by atoms with Crippen molar-refractivity contribution in [1.82, 2.24) is 87.3 Å². The fourth-order valence-corrected chi connectivity index (χ4v) is 3.39. The van der Waals surface area contributed by atoms with Crippen LogP contribution >= 0.6 is 0 Å². The van der Waals surface area contributed by atoms with Gasteiger partial charge in [-0.05, 0) is 49.0 Å². The molecular weight excluding hydrogens is 1260 g/mol. The smallest absolute Gasteiger partial charge is 0.115 e. The lowest BCUT2D eigenvalue weighted by Crippen LogP contribution is -2.11. The average Bonchev–Trinajstić information content (AvgIpc) is 4.80. The van der Waals surface area contributed by atoms with Gasteiger partial charge in [-0.3, -0.25) is 20.1 Å². The Kier molecular flexibility index (Phi) is 483. The van der Waals surface area contributed by atoms with Gasteiger partial charge in [-0.25, -0.2) is 15.0 Å². The molecule has 0 spiro atoms. The molecule has 0 aromatic carbocycles. The maximum Gasteiger partial charge on any atom is 0.115 e. The Labute approximate surface area is 643 Å². The van der Waals surface area contributed by atoms with Crippen LogP contribution in [0.5, 0.6) is 0 Å². The second-order valence-electron chi connectivity index (χ2n) is 10.6. The van der Waals surface area contributed by atoms with Crippen molar-refractivity contribution in [2.24, 2.45) is 10.1 Å². The molecule has 5 aliphatic rings. The zero-order valence-corrected chi connectivity index (χ0v) is 76.9. The van der Waals surface area contributed by atoms with Crippen molar-refractivity contribution in [2.45, 2.75) is 317 Å². The molecule has 102 heavy (non-hydrogen) atoms. The van der Waals surface area contributed by atoms with Crippen molar-refractivity contribution in [3.05, 3.63) is 160 Å². The molecule has 1 saturated heterocycles. The fourth-order valence-electron chi connectivity index (χ4n) is 3.39. The van der Waals surface area contributed by atoms with E-state index in [9.17, 15) is 0 Å². The Morgan fingerprint density at radius 3 is 0.824 bits per heavy atom. The van der Waals surface area contributed by atoms with E-state index in [0.717, 1.165) is 65.4 Å². The molecule has 618 valence electrons. The second-order valence-corrected chi connectivity index (χ2v) is 10.6. The fraction of sp³-hybridized carbons (Fsp3) is 0.663. The van der Waals surface area contributed by atoms with Crippen LogP contribution < -0.4 is 32.0 Å². The van der Waals surface area contributed by atoms with Gasteiger partial charge in [0.1, 0.15) is 6.33 Å². The first-order valence-electron chi connectivity index (χ1n) is 40.7. The Bertz CT molecular complexity index is 1250. The molecule has 19 nitrogen and oxygen atoms in total. The molecule has 0 unspecified atom stereocenters. The van der Waals surface area contributed by atoms with Crippen LogP contribution in [0.3, 0.4) is 0 Å². The van der Waals surface area contributed by atoms with Crippen LogP contribution in [0, 0.1) is 0 Å². The molecule has 0 saturated carbocycles. The Balaban J connectivity index is -0.0000000328. The van der Waals surface area contributed by atoms with Crippen LogP contribution in [0.25, 0.3) is 0 Å². The summed E-state index contributed by atoms with van der Waals surface area (Å²) in [6.07, 6.45) is 41.3. The summed E-state index contributed by atoms with van der Waals surface area (Å²) in [5.74, 6) is 0. The van der Waals surface area contributed by atoms with E-state index in [-0.39, 0.29) is 0 Å². The highest BCUT2D eigenvalue weighted by atomic mass is 15.3. The molecule has 0 aliphatic carbocycles. The molecule has 1 fully saturated rings. The van der Waals surface area contributed by atoms with Gasteiger partial charge in [-0.1, -0.05) is 323 Å². The van der Waals surface area contributed by atoms with Gasteiger partial charge in [0.05, 0.1) is 19.2 Å². The Hall–Kier alpha value is -6.96. The van der Waals surface area contributed by atoms with Crippen LogP contribution in [-0.4, -0.2) is 127 Å². The highest BCUT2D eigenvalue weighted by Crippen LogP contribution is 1.84. The number of hydrogen-bond donors (Lipinski definition) is 9. The molecule has 5 aliphatic heterocycles. The average molecular weight is 1460 g/mol. The molecular formula is C83H191N19. The molecule has 0 amide bonds. The predicted molar refractivity (Wildman–Crippen MR) is 481 cm³/mol. The van der Waals surface area contributed by atoms with Gasteiger partial charge >= 0.3 is 0 Å². The van der Waals surface area contributed by atoms with E-state index < -0.39 is 0 Å². The molecule has 9 N–H and O–H groups in total. The molecule has 6 aromatic heterocycles. The number of aromatic amines is 3. The zero-order chi connectivity index (χ0) is 85.0. The van der Waals surface area contributed by atoms with Crippen LogP contribution in [0.2, 0.25) is 0 Å². The van der Waals surface area contributed by atoms with Gasteiger partial charge < -0.3 is 42.0 Å². The molecule has 6 aromatic rings. The van der Waals surface area contributed by atoms with Crippen molar-refractivity contribution in [3.63, 3.8) is 0 Å². The minimum Gasteiger partial charge on any atom is -0.391 e. The maximum atomic E-state index is 3.85. The monoisotopic (exact) mass is 1450 g/mol. The number of hydrazone groups is 1. The summed E-state index contributed by atoms with van der Waals surface area (Å²) in [5, 5.41) is 32.3. The number of nitrogens with one attached hydrogen (secondary N) is 9. The summed E-state index contributed by atoms with van der Waals surface area (Å²) in [4.78, 5) is 27.9. The van der Waals surface area contributed by atoms with Crippen LogP contribution in [0.4, 0.5) is 0 Å². The van der Waals surface area contributed by atoms with Gasteiger partial charge in [-0.2, -0.15) is 20.4 Å². The highest BCUT2D eigenvalue weighted by molar-refractivity contribution is 5.58. The van der Waals surface area contributed by atoms with Crippen molar-refractivity contribution >= 4 is 12.6 Å². The van der Waals surface area contributed by atoms with Gasteiger partial charge in [0.15, 0.2) is 0 Å². The quantitative estimate of drug-likeness (QED) is 0.0642. The minimum atomic E-state index is 0.958. The van der Waals surface area contributed by atoms with Crippen LogP contribution in [0.15, 0.2) is 170 Å². The minimum absolute atomic E-state index is 0.958. The molecule has 0 radical (unpaired) electrons. The third-order valence-electron chi connectivity index (χ3n) is 5.99. The largest absolute Gasteiger partial charge is 0.391 e. The van der Waals surface area contributed by atoms with E-state index in [0.29, 0.717) is 0 Å². The number of imidazole rings is 1. The molecule has 19 heteroatoms. The molecule has 0 atom stereocenters. The number of nitrogens with zero attached hydrogens (tertiary/aromatic N) is 10. The van der Waals surface area contributed by atoms with E-state index >= 15 is 0 Å². The summed E-state index contributed by atoms with van der Waals surface area (Å²) in [6, 6.07) is 11.2. The summed E-state index contributed by atoms with van der Waals surface area (Å²) in [5.41, 5.74) is 2.79. The van der Waals surface area contributed by atoms with E-state index in [4.69, 9.17) is 0 Å². The lowest BCUT2D eigenvalue weighted by molar-refractivity contribution is 0.807. The van der Waals surface area contributed by atoms with E-state index in [1.165, 1.54) is 12.7 Å². The lowest BCUT2D eigenvalue weighted by atomic mass is 10.5. The first kappa shape index (κ1) is 158. The van der Waals surface area contributed by atoms with Crippen molar-refractivity contribution in [3.8, 4) is 0 Å². The summed E-state index contributed by atoms with van der Waals surface area (Å²) in [7, 11) is 0. The van der Waals surface area contributed by atoms with Crippen LogP contribution in [-0.2, 0) is 0 Å². The first-order chi connectivity index (χ1) is 51.0. The third kappa shape index (κ3) is 303. The van der Waals surface area contributed by atoms with Crippen molar-refractivity contribution in [1.29, 1.82) is 0 Å². The van der Waals surface area contributed by atoms with E-state index in [1.54, 1.807) is 93.1 Å². The normalized spacial score (nSPS) is 8.90. The SMILES string of the molecule is C1=CCNC1.C1=CNCC1.C1=NCCN1.C1=NNCC1.C1CNCN1.CC.CC.CC.CC.CC.CC.CC.CC.CC.CC.CC.CC.CC.CC.CC.CC.CC.CC.CC.CC.CC.CC.c1c[nH]cn1.c1cc[nH]c1.c1ccnnc1.c1cn[nH]c1.c1cnccn1.c1cncnc1. The molecule has 11 heterocycles. The molecule has 11 rings (SSSR count). The number of hydrogen-bond acceptors (Lipinski definition) is 16. The number of aliphatic imine (C=N–C) groups is 1. The topological polar surface area (TPSA) is 247 Å². The number of aromatic nitrogens is 11. The van der Waals surface area contributed by atoms with Gasteiger partial charge in [0, 0.05) is 152 Å². The van der Waals surface area contributed by atoms with Crippen LogP contribution in [0.1, 0.15) is 317 Å². The predicted octanol–water partition coefficient (Wildman–Crippen LogP) is 25.2. The van der Waals surface area contributed by atoms with Crippen molar-refractivity contribution < 1.29 is 0 Å². The lowest BCUT2D eigenvalue weighted by Gasteiger charge is -1.78. The van der Waals surface area contributed by atoms with Gasteiger partial charge in [-0.15, -0.1) is 0 Å². The third-order valence-corrected chi connectivity index (χ3v) is 5.99. The van der Waals surface area contributed by atoms with Gasteiger partial charge in [0.2, 0.25) is 0 Å². The summed E-state index contributed by atoms with van der Waals surface area (Å²) in [6.45, 7) is 97.6. The highest BCUT2D eigenvalue weighted by Gasteiger charge is 1.90. The zero-order valence-electron chi connectivity index (χ0n) is 76.9. The second kappa shape index (κ2) is 312. The molecule has 0 bridgehead atoms. The summed E-state index contributed by atoms with van der Waals surface area (Å²) < 4.78 is 0. The maximum absolute atomic E-state index is 3.85. The Morgan fingerprint density at radius 1 is 0.294 bits per heavy atom. The Morgan fingerprint density at radius 2 is 0.716 bits per heavy atom. The standard InChI is InChI=1S/3C4H4N2.2C4H7N.C4H5N.C3H8N2.C3H6N2.C3H4N2.C3H6N2.C3H4N2.22C2H6/c1-2-6-4-3-5-1;1-2-5-4-6-3-1;1-2-4-6-5-3-1;3*1-2-4-5-3-1;3*1-2-5-3-4-1;2*1-2-4-5-3-1;22*1-2/h3*1-4H;1,3,5H,2,4H2;1-2,5H,3-4H2;1-5H;4-5H,1-3H2;3H,1-2H2,(H,4,5);1-3H,(H,4,5);2,5H,1,3H2;1-3H,(H,4,5);22*1-2H3. The number of H-pyrrole nitrogens is 3. The first-order valence-corrected chi connectivity index (χ1v) is 40.7. The number of rotatable bonds is 0. The van der Waals surface area contributed by atoms with Crippen molar-refractivity contribution in [2.75, 3.05) is 59.0 Å². The van der Waals surface area contributed by atoms with Gasteiger partial charge in [0.25, 0.3) is 0 Å². The summed E-state index contributed by atoms with van der Waals surface area (Å²) >= 11 is 0. The van der Waals surface area contributed by atoms with E-state index in [2.05, 4.69) is 116 Å². The van der Waals surface area contributed by atoms with E-state index in [1.807, 2.05) is 360 Å².